The van der Waals surface area contributed by atoms with E-state index in [1.807, 2.05) is 18.2 Å². The molecule has 0 fully saturated rings. The molecule has 0 aliphatic heterocycles. The lowest BCUT2D eigenvalue weighted by molar-refractivity contribution is 0.0843. The van der Waals surface area contributed by atoms with Crippen LogP contribution in [0.1, 0.15) is 67.6 Å². The highest BCUT2D eigenvalue weighted by Gasteiger charge is 2.27. The number of aromatic nitrogens is 2. The van der Waals surface area contributed by atoms with Crippen LogP contribution in [0.25, 0.3) is 0 Å². The first-order valence-corrected chi connectivity index (χ1v) is 14.1. The molecule has 4 aromatic rings. The highest BCUT2D eigenvalue weighted by molar-refractivity contribution is 6.30. The number of carbonyl (C=O) groups excluding carboxylic acids is 3. The molecule has 12 heteroatoms. The van der Waals surface area contributed by atoms with Crippen LogP contribution in [0.5, 0.6) is 0 Å². The molecule has 1 unspecified atom stereocenters. The first-order chi connectivity index (χ1) is 20.7. The van der Waals surface area contributed by atoms with Crippen molar-refractivity contribution in [2.75, 3.05) is 13.1 Å². The molecule has 0 aliphatic rings. The maximum Gasteiger partial charge on any atom is 0.251 e. The lowest BCUT2D eigenvalue weighted by Gasteiger charge is -2.16. The third-order valence-electron chi connectivity index (χ3n) is 6.60. The monoisotopic (exact) mass is 609 g/mol. The Balaban J connectivity index is 1.35. The van der Waals surface area contributed by atoms with Crippen molar-refractivity contribution < 1.29 is 27.7 Å². The fraction of sp³-hybridized carbons (Fsp3) is 0.258. The van der Waals surface area contributed by atoms with Gasteiger partial charge < -0.3 is 20.9 Å². The first-order valence-electron chi connectivity index (χ1n) is 13.7. The predicted octanol–water partition coefficient (Wildman–Crippen LogP) is 4.67. The van der Waals surface area contributed by atoms with E-state index in [0.29, 0.717) is 42.9 Å². The maximum atomic E-state index is 13.6. The number of nitrogens with one attached hydrogen (secondary N) is 2. The quantitative estimate of drug-likeness (QED) is 0.139. The summed E-state index contributed by atoms with van der Waals surface area (Å²) in [6.07, 6.45) is 2.22. The van der Waals surface area contributed by atoms with E-state index in [4.69, 9.17) is 21.9 Å². The van der Waals surface area contributed by atoms with Crippen LogP contribution >= 0.6 is 11.6 Å². The summed E-state index contributed by atoms with van der Waals surface area (Å²) in [5.74, 6) is -3.89. The second-order valence-corrected chi connectivity index (χ2v) is 10.3. The van der Waals surface area contributed by atoms with Gasteiger partial charge in [-0.05, 0) is 85.8 Å². The molecule has 2 amide bonds. The van der Waals surface area contributed by atoms with E-state index < -0.39 is 29.4 Å². The van der Waals surface area contributed by atoms with Gasteiger partial charge in [0.2, 0.25) is 17.5 Å². The molecule has 9 nitrogen and oxygen atoms in total. The van der Waals surface area contributed by atoms with Crippen molar-refractivity contribution in [3.05, 3.63) is 117 Å². The number of amides is 2. The minimum absolute atomic E-state index is 0.137. The van der Waals surface area contributed by atoms with E-state index in [9.17, 15) is 23.2 Å². The molecule has 43 heavy (non-hydrogen) atoms. The smallest absolute Gasteiger partial charge is 0.251 e. The Morgan fingerprint density at radius 1 is 0.907 bits per heavy atom. The lowest BCUT2D eigenvalue weighted by Crippen LogP contribution is -2.41. The van der Waals surface area contributed by atoms with Gasteiger partial charge in [-0.2, -0.15) is 4.98 Å². The number of carbonyl (C=O) groups is 3. The second-order valence-electron chi connectivity index (χ2n) is 9.82. The Bertz CT molecular complexity index is 1580. The van der Waals surface area contributed by atoms with Gasteiger partial charge >= 0.3 is 0 Å². The van der Waals surface area contributed by atoms with E-state index in [0.717, 1.165) is 29.3 Å². The molecular weight excluding hydrogens is 580 g/mol. The Hall–Kier alpha value is -4.48. The van der Waals surface area contributed by atoms with Crippen molar-refractivity contribution >= 4 is 29.2 Å². The van der Waals surface area contributed by atoms with Crippen molar-refractivity contribution in [1.82, 2.24) is 20.8 Å². The SMILES string of the molecule is NCCCCC(NC(=O)c1ccc(F)c(F)c1)C(=O)c1noc(Cc2ccc(C(=O)NCCc3cccc(Cl)c3)cc2)n1. The summed E-state index contributed by atoms with van der Waals surface area (Å²) in [7, 11) is 0. The van der Waals surface area contributed by atoms with E-state index >= 15 is 0 Å². The molecule has 0 spiro atoms. The summed E-state index contributed by atoms with van der Waals surface area (Å²) in [5.41, 5.74) is 7.69. The van der Waals surface area contributed by atoms with Crippen molar-refractivity contribution in [3.8, 4) is 0 Å². The zero-order valence-corrected chi connectivity index (χ0v) is 23.9. The molecule has 0 bridgehead atoms. The van der Waals surface area contributed by atoms with E-state index in [-0.39, 0.29) is 36.0 Å². The molecular formula is C31H30ClF2N5O4. The second kappa shape index (κ2) is 15.1. The molecule has 4 N–H and O–H groups in total. The van der Waals surface area contributed by atoms with Crippen LogP contribution in [0.2, 0.25) is 5.02 Å². The van der Waals surface area contributed by atoms with Crippen molar-refractivity contribution in [2.24, 2.45) is 5.73 Å². The van der Waals surface area contributed by atoms with Gasteiger partial charge in [0.05, 0.1) is 12.5 Å². The van der Waals surface area contributed by atoms with Crippen LogP contribution in [0.4, 0.5) is 8.78 Å². The average Bonchev–Trinajstić information content (AvgIpc) is 3.46. The molecule has 0 saturated heterocycles. The summed E-state index contributed by atoms with van der Waals surface area (Å²) >= 11 is 6.00. The Morgan fingerprint density at radius 2 is 1.67 bits per heavy atom. The molecule has 0 saturated carbocycles. The number of halogens is 3. The average molecular weight is 610 g/mol. The number of hydrogen-bond acceptors (Lipinski definition) is 7. The summed E-state index contributed by atoms with van der Waals surface area (Å²) < 4.78 is 32.2. The number of hydrogen-bond donors (Lipinski definition) is 3. The van der Waals surface area contributed by atoms with Gasteiger partial charge in [-0.1, -0.05) is 41.0 Å². The molecule has 4 rings (SSSR count). The maximum absolute atomic E-state index is 13.6. The number of Topliss-reactive ketones (excluding diaryl/α,β-unsaturated/α-hetero) is 1. The minimum Gasteiger partial charge on any atom is -0.352 e. The van der Waals surface area contributed by atoms with Gasteiger partial charge in [-0.3, -0.25) is 14.4 Å². The van der Waals surface area contributed by atoms with E-state index in [2.05, 4.69) is 20.8 Å². The molecule has 1 atom stereocenters. The van der Waals surface area contributed by atoms with Crippen molar-refractivity contribution in [2.45, 2.75) is 38.1 Å². The molecule has 0 aliphatic carbocycles. The fourth-order valence-corrected chi connectivity index (χ4v) is 4.50. The fourth-order valence-electron chi connectivity index (χ4n) is 4.29. The molecule has 224 valence electrons. The van der Waals surface area contributed by atoms with Crippen LogP contribution in [0.3, 0.4) is 0 Å². The zero-order chi connectivity index (χ0) is 30.8. The van der Waals surface area contributed by atoms with Crippen molar-refractivity contribution in [3.63, 3.8) is 0 Å². The van der Waals surface area contributed by atoms with Gasteiger partial charge in [-0.25, -0.2) is 8.78 Å². The number of benzene rings is 3. The van der Waals surface area contributed by atoms with Gasteiger partial charge in [0.1, 0.15) is 0 Å². The third-order valence-corrected chi connectivity index (χ3v) is 6.83. The number of ketones is 1. The Morgan fingerprint density at radius 3 is 2.40 bits per heavy atom. The Labute approximate surface area is 251 Å². The number of nitrogens with two attached hydrogens (primary N) is 1. The van der Waals surface area contributed by atoms with Crippen LogP contribution in [0, 0.1) is 11.6 Å². The van der Waals surface area contributed by atoms with Crippen LogP contribution in [-0.2, 0) is 12.8 Å². The van der Waals surface area contributed by atoms with Gasteiger partial charge in [0.15, 0.2) is 11.6 Å². The number of nitrogens with zero attached hydrogens (tertiary/aromatic N) is 2. The summed E-state index contributed by atoms with van der Waals surface area (Å²) in [6, 6.07) is 16.0. The van der Waals surface area contributed by atoms with Crippen LogP contribution < -0.4 is 16.4 Å². The highest BCUT2D eigenvalue weighted by Crippen LogP contribution is 2.15. The molecule has 3 aromatic carbocycles. The highest BCUT2D eigenvalue weighted by atomic mass is 35.5. The first kappa shape index (κ1) is 31.5. The predicted molar refractivity (Wildman–Crippen MR) is 156 cm³/mol. The van der Waals surface area contributed by atoms with Gasteiger partial charge in [0.25, 0.3) is 11.8 Å². The topological polar surface area (TPSA) is 140 Å². The largest absolute Gasteiger partial charge is 0.352 e. The Kier molecular flexibility index (Phi) is 11.1. The van der Waals surface area contributed by atoms with E-state index in [1.165, 1.54) is 0 Å². The van der Waals surface area contributed by atoms with Crippen molar-refractivity contribution in [1.29, 1.82) is 0 Å². The summed E-state index contributed by atoms with van der Waals surface area (Å²) in [5, 5.41) is 9.86. The van der Waals surface area contributed by atoms with Gasteiger partial charge in [-0.15, -0.1) is 0 Å². The summed E-state index contributed by atoms with van der Waals surface area (Å²) in [4.78, 5) is 42.6. The van der Waals surface area contributed by atoms with Crippen LogP contribution in [0.15, 0.2) is 71.3 Å². The molecule has 1 aromatic heterocycles. The van der Waals surface area contributed by atoms with Gasteiger partial charge in [0, 0.05) is 22.7 Å². The minimum atomic E-state index is -1.18. The van der Waals surface area contributed by atoms with Crippen LogP contribution in [-0.4, -0.2) is 46.9 Å². The lowest BCUT2D eigenvalue weighted by atomic mass is 10.0. The summed E-state index contributed by atoms with van der Waals surface area (Å²) in [6.45, 7) is 0.849. The zero-order valence-electron chi connectivity index (χ0n) is 23.1. The third kappa shape index (κ3) is 9.00. The molecule has 1 heterocycles. The normalized spacial score (nSPS) is 11.6. The van der Waals surface area contributed by atoms with E-state index in [1.54, 1.807) is 30.3 Å². The number of rotatable bonds is 14. The standard InChI is InChI=1S/C31H30ClF2N5O4/c32-23-5-3-4-19(16-23)13-15-36-30(41)21-9-7-20(8-10-21)17-27-38-29(39-43-27)28(40)26(6-1-2-14-35)37-31(42)22-11-12-24(33)25(34)18-22/h3-5,7-12,16,18,26H,1-2,6,13-15,17,35H2,(H,36,41)(H,37,42). The molecule has 0 radical (unpaired) electrons. The number of unbranched alkanes of at least 4 members (excludes halogenated alkanes) is 1.